The number of benzene rings is 1. The van der Waals surface area contributed by atoms with Crippen LogP contribution in [-0.2, 0) is 44.3 Å². The van der Waals surface area contributed by atoms with Gasteiger partial charge in [-0.25, -0.2) is 0 Å². The highest BCUT2D eigenvalue weighted by Crippen LogP contribution is 2.15. The fraction of sp³-hybridized carbons (Fsp3) is 0.838. The Morgan fingerprint density at radius 2 is 0.652 bits per heavy atom. The van der Waals surface area contributed by atoms with E-state index in [9.17, 15) is 0 Å². The second-order valence-electron chi connectivity index (χ2n) is 11.3. The van der Waals surface area contributed by atoms with Gasteiger partial charge in [-0.2, -0.15) is 0 Å². The van der Waals surface area contributed by atoms with Crippen molar-refractivity contribution in [1.82, 2.24) is 0 Å². The zero-order valence-corrected chi connectivity index (χ0v) is 29.5. The van der Waals surface area contributed by atoms with E-state index in [0.717, 1.165) is 25.2 Å². The van der Waals surface area contributed by atoms with E-state index in [1.807, 2.05) is 0 Å². The van der Waals surface area contributed by atoms with E-state index in [1.54, 1.807) is 0 Å². The summed E-state index contributed by atoms with van der Waals surface area (Å²) in [4.78, 5) is 0. The van der Waals surface area contributed by atoms with Crippen LogP contribution in [0, 0.1) is 0 Å². The number of hydrogen-bond donors (Lipinski definition) is 0. The van der Waals surface area contributed by atoms with Gasteiger partial charge in [0.05, 0.1) is 99.1 Å². The number of rotatable bonds is 38. The first-order chi connectivity index (χ1) is 22.9. The van der Waals surface area contributed by atoms with E-state index >= 15 is 0 Å². The second-order valence-corrected chi connectivity index (χ2v) is 11.3. The van der Waals surface area contributed by atoms with Crippen LogP contribution in [0.3, 0.4) is 0 Å². The monoisotopic (exact) mass is 656 g/mol. The Hall–Kier alpha value is -1.30. The molecule has 0 aromatic heterocycles. The summed E-state index contributed by atoms with van der Waals surface area (Å²) >= 11 is 0. The van der Waals surface area contributed by atoms with Crippen LogP contribution >= 0.6 is 0 Å². The highest BCUT2D eigenvalue weighted by molar-refractivity contribution is 5.27. The molecule has 1 rings (SSSR count). The van der Waals surface area contributed by atoms with Gasteiger partial charge in [-0.05, 0) is 37.0 Å². The summed E-state index contributed by atoms with van der Waals surface area (Å²) in [6, 6.07) is 8.47. The second kappa shape index (κ2) is 36.5. The molecular formula is C37H68O9. The standard InChI is InChI=1S/C37H68O9/c1-3-5-7-9-10-11-12-14-36-15-17-37(18-16-36)46-35-34-45-33-32-44-31-30-43-29-28-42-27-26-41-25-24-40-23-22-39-21-20-38-19-13-8-6-4-2/h15-18H,3-14,19-35H2,1-2H3. The average molecular weight is 657 g/mol. The van der Waals surface area contributed by atoms with Gasteiger partial charge in [-0.3, -0.25) is 0 Å². The largest absolute Gasteiger partial charge is 0.491 e. The van der Waals surface area contributed by atoms with Crippen molar-refractivity contribution in [1.29, 1.82) is 0 Å². The lowest BCUT2D eigenvalue weighted by molar-refractivity contribution is -0.0236. The van der Waals surface area contributed by atoms with Gasteiger partial charge in [0, 0.05) is 6.61 Å². The predicted octanol–water partition coefficient (Wildman–Crippen LogP) is 7.07. The van der Waals surface area contributed by atoms with Crippen LogP contribution < -0.4 is 4.74 Å². The maximum atomic E-state index is 5.78. The lowest BCUT2D eigenvalue weighted by Crippen LogP contribution is -2.15. The zero-order chi connectivity index (χ0) is 32.9. The summed E-state index contributed by atoms with van der Waals surface area (Å²) in [7, 11) is 0. The first-order valence-corrected chi connectivity index (χ1v) is 18.2. The van der Waals surface area contributed by atoms with Crippen LogP contribution in [-0.4, -0.2) is 112 Å². The molecule has 0 fully saturated rings. The Morgan fingerprint density at radius 3 is 1.07 bits per heavy atom. The number of unbranched alkanes of at least 4 members (excludes halogenated alkanes) is 9. The summed E-state index contributed by atoms with van der Waals surface area (Å²) in [5.41, 5.74) is 1.39. The summed E-state index contributed by atoms with van der Waals surface area (Å²) < 4.78 is 50.0. The minimum Gasteiger partial charge on any atom is -0.491 e. The third kappa shape index (κ3) is 31.3. The molecule has 1 aromatic carbocycles. The Kier molecular flexibility index (Phi) is 33.9. The molecule has 0 radical (unpaired) electrons. The number of ether oxygens (including phenoxy) is 9. The molecular weight excluding hydrogens is 588 g/mol. The van der Waals surface area contributed by atoms with Crippen molar-refractivity contribution in [3.63, 3.8) is 0 Å². The molecule has 0 bridgehead atoms. The molecule has 270 valence electrons. The Labute approximate surface area is 281 Å². The van der Waals surface area contributed by atoms with Crippen molar-refractivity contribution in [3.8, 4) is 5.75 Å². The van der Waals surface area contributed by atoms with Gasteiger partial charge >= 0.3 is 0 Å². The van der Waals surface area contributed by atoms with Crippen LogP contribution in [0.2, 0.25) is 0 Å². The van der Waals surface area contributed by atoms with Crippen molar-refractivity contribution in [2.75, 3.05) is 112 Å². The molecule has 9 nitrogen and oxygen atoms in total. The summed E-state index contributed by atoms with van der Waals surface area (Å²) in [5, 5.41) is 0. The molecule has 0 unspecified atom stereocenters. The van der Waals surface area contributed by atoms with Crippen molar-refractivity contribution in [2.45, 2.75) is 90.9 Å². The molecule has 1 aromatic rings. The SMILES string of the molecule is CCCCCCCCCc1ccc(OCCOCCOCCOCCOCCOCCOCCOCCOCCCCCC)cc1. The number of aryl methyl sites for hydroxylation is 1. The average Bonchev–Trinajstić information content (AvgIpc) is 3.07. The number of hydrogen-bond acceptors (Lipinski definition) is 9. The lowest BCUT2D eigenvalue weighted by Gasteiger charge is -2.09. The highest BCUT2D eigenvalue weighted by Gasteiger charge is 1.99. The molecule has 46 heavy (non-hydrogen) atoms. The minimum atomic E-state index is 0.532. The van der Waals surface area contributed by atoms with Gasteiger partial charge in [0.2, 0.25) is 0 Å². The minimum absolute atomic E-state index is 0.532. The molecule has 0 heterocycles. The van der Waals surface area contributed by atoms with Gasteiger partial charge in [0.15, 0.2) is 0 Å². The molecule has 0 aliphatic rings. The maximum Gasteiger partial charge on any atom is 0.119 e. The van der Waals surface area contributed by atoms with E-state index < -0.39 is 0 Å². The molecule has 0 aliphatic heterocycles. The third-order valence-corrected chi connectivity index (χ3v) is 7.24. The maximum absolute atomic E-state index is 5.78. The molecule has 0 saturated carbocycles. The molecule has 0 amide bonds. The summed E-state index contributed by atoms with van der Waals surface area (Å²) in [5.74, 6) is 0.893. The Morgan fingerprint density at radius 1 is 0.326 bits per heavy atom. The zero-order valence-electron chi connectivity index (χ0n) is 29.5. The molecule has 0 saturated heterocycles. The van der Waals surface area contributed by atoms with Gasteiger partial charge in [-0.15, -0.1) is 0 Å². The molecule has 0 spiro atoms. The third-order valence-electron chi connectivity index (χ3n) is 7.24. The van der Waals surface area contributed by atoms with Gasteiger partial charge in [0.25, 0.3) is 0 Å². The topological polar surface area (TPSA) is 83.1 Å². The molecule has 0 atom stereocenters. The van der Waals surface area contributed by atoms with Crippen LogP contribution in [0.25, 0.3) is 0 Å². The van der Waals surface area contributed by atoms with Gasteiger partial charge < -0.3 is 42.6 Å². The summed E-state index contributed by atoms with van der Waals surface area (Å²) in [6.45, 7) is 14.1. The Balaban J connectivity index is 1.71. The quantitative estimate of drug-likeness (QED) is 0.0694. The Bertz CT molecular complexity index is 705. The fourth-order valence-corrected chi connectivity index (χ4v) is 4.53. The lowest BCUT2D eigenvalue weighted by atomic mass is 10.0. The van der Waals surface area contributed by atoms with Crippen molar-refractivity contribution >= 4 is 0 Å². The molecule has 0 N–H and O–H groups in total. The smallest absolute Gasteiger partial charge is 0.119 e. The van der Waals surface area contributed by atoms with Crippen molar-refractivity contribution < 1.29 is 42.6 Å². The normalized spacial score (nSPS) is 11.4. The van der Waals surface area contributed by atoms with Crippen LogP contribution in [0.15, 0.2) is 24.3 Å². The highest BCUT2D eigenvalue weighted by atomic mass is 16.6. The van der Waals surface area contributed by atoms with Crippen molar-refractivity contribution in [2.24, 2.45) is 0 Å². The predicted molar refractivity (Wildman–Crippen MR) is 184 cm³/mol. The van der Waals surface area contributed by atoms with Crippen LogP contribution in [0.1, 0.15) is 90.0 Å². The van der Waals surface area contributed by atoms with Crippen LogP contribution in [0.5, 0.6) is 5.75 Å². The van der Waals surface area contributed by atoms with Crippen LogP contribution in [0.4, 0.5) is 0 Å². The molecule has 9 heteroatoms. The van der Waals surface area contributed by atoms with E-state index in [-0.39, 0.29) is 0 Å². The van der Waals surface area contributed by atoms with Gasteiger partial charge in [0.1, 0.15) is 12.4 Å². The first-order valence-electron chi connectivity index (χ1n) is 18.2. The first kappa shape index (κ1) is 42.7. The van der Waals surface area contributed by atoms with E-state index in [4.69, 9.17) is 42.6 Å². The van der Waals surface area contributed by atoms with E-state index in [1.165, 1.54) is 69.8 Å². The molecule has 0 aliphatic carbocycles. The van der Waals surface area contributed by atoms with E-state index in [2.05, 4.69) is 38.1 Å². The summed E-state index contributed by atoms with van der Waals surface area (Å²) in [6.07, 6.45) is 15.5. The van der Waals surface area contributed by atoms with Gasteiger partial charge in [-0.1, -0.05) is 83.8 Å². The van der Waals surface area contributed by atoms with Crippen molar-refractivity contribution in [3.05, 3.63) is 29.8 Å². The van der Waals surface area contributed by atoms with E-state index in [0.29, 0.717) is 106 Å². The fourth-order valence-electron chi connectivity index (χ4n) is 4.53.